The Hall–Kier alpha value is -0.940. The number of nitrogens with one attached hydrogen (secondary N) is 1. The van der Waals surface area contributed by atoms with Gasteiger partial charge in [0.25, 0.3) is 0 Å². The summed E-state index contributed by atoms with van der Waals surface area (Å²) in [6.07, 6.45) is 6.99. The Labute approximate surface area is 121 Å². The van der Waals surface area contributed by atoms with Crippen LogP contribution in [0.2, 0.25) is 0 Å². The highest BCUT2D eigenvalue weighted by Crippen LogP contribution is 2.34. The molecule has 2 aliphatic rings. The lowest BCUT2D eigenvalue weighted by molar-refractivity contribution is 0.140. The van der Waals surface area contributed by atoms with Crippen LogP contribution in [0.1, 0.15) is 51.4 Å². The SMILES string of the molecule is CC(C)Cn1cnnc1C1CCCN1C1CCNCC1. The summed E-state index contributed by atoms with van der Waals surface area (Å²) in [5, 5.41) is 12.1. The monoisotopic (exact) mass is 277 g/mol. The predicted molar refractivity (Wildman–Crippen MR) is 79.4 cm³/mol. The summed E-state index contributed by atoms with van der Waals surface area (Å²) in [7, 11) is 0. The third kappa shape index (κ3) is 2.88. The lowest BCUT2D eigenvalue weighted by atomic mass is 10.0. The molecular formula is C15H27N5. The number of piperidine rings is 1. The van der Waals surface area contributed by atoms with Gasteiger partial charge in [0, 0.05) is 12.6 Å². The number of hydrogen-bond acceptors (Lipinski definition) is 4. The standard InChI is InChI=1S/C15H27N5/c1-12(2)10-19-11-17-18-15(19)14-4-3-9-20(14)13-5-7-16-8-6-13/h11-14,16H,3-10H2,1-2H3. The molecule has 1 aromatic heterocycles. The van der Waals surface area contributed by atoms with Crippen molar-refractivity contribution in [1.29, 1.82) is 0 Å². The van der Waals surface area contributed by atoms with E-state index in [-0.39, 0.29) is 0 Å². The minimum Gasteiger partial charge on any atom is -0.317 e. The van der Waals surface area contributed by atoms with Gasteiger partial charge in [0.2, 0.25) is 0 Å². The molecule has 0 bridgehead atoms. The highest BCUT2D eigenvalue weighted by atomic mass is 15.3. The van der Waals surface area contributed by atoms with Gasteiger partial charge in [-0.2, -0.15) is 0 Å². The second-order valence-corrected chi connectivity index (χ2v) is 6.61. The zero-order chi connectivity index (χ0) is 13.9. The van der Waals surface area contributed by atoms with Gasteiger partial charge >= 0.3 is 0 Å². The molecule has 1 unspecified atom stereocenters. The van der Waals surface area contributed by atoms with Gasteiger partial charge in [-0.05, 0) is 51.2 Å². The van der Waals surface area contributed by atoms with E-state index in [9.17, 15) is 0 Å². The fourth-order valence-corrected chi connectivity index (χ4v) is 3.70. The van der Waals surface area contributed by atoms with Crippen molar-refractivity contribution in [1.82, 2.24) is 25.0 Å². The molecule has 20 heavy (non-hydrogen) atoms. The van der Waals surface area contributed by atoms with Crippen LogP contribution in [0.4, 0.5) is 0 Å². The van der Waals surface area contributed by atoms with Gasteiger partial charge in [0.05, 0.1) is 6.04 Å². The topological polar surface area (TPSA) is 46.0 Å². The molecular weight excluding hydrogens is 250 g/mol. The van der Waals surface area contributed by atoms with Crippen LogP contribution in [0.25, 0.3) is 0 Å². The number of rotatable bonds is 4. The van der Waals surface area contributed by atoms with E-state index in [1.807, 2.05) is 6.33 Å². The van der Waals surface area contributed by atoms with Crippen molar-refractivity contribution in [2.24, 2.45) is 5.92 Å². The summed E-state index contributed by atoms with van der Waals surface area (Å²) >= 11 is 0. The molecule has 3 rings (SSSR count). The minimum absolute atomic E-state index is 0.486. The van der Waals surface area contributed by atoms with E-state index in [1.165, 1.54) is 38.1 Å². The first kappa shape index (κ1) is 14.0. The Kier molecular flexibility index (Phi) is 4.36. The van der Waals surface area contributed by atoms with Crippen molar-refractivity contribution >= 4 is 0 Å². The van der Waals surface area contributed by atoms with Crippen LogP contribution in [-0.2, 0) is 6.54 Å². The van der Waals surface area contributed by atoms with E-state index in [2.05, 4.69) is 38.8 Å². The van der Waals surface area contributed by atoms with Gasteiger partial charge in [-0.15, -0.1) is 10.2 Å². The van der Waals surface area contributed by atoms with Crippen molar-refractivity contribution in [3.8, 4) is 0 Å². The molecule has 1 aromatic rings. The number of nitrogens with zero attached hydrogens (tertiary/aromatic N) is 4. The summed E-state index contributed by atoms with van der Waals surface area (Å²) in [5.41, 5.74) is 0. The van der Waals surface area contributed by atoms with Gasteiger partial charge in [-0.25, -0.2) is 0 Å². The quantitative estimate of drug-likeness (QED) is 0.912. The number of hydrogen-bond donors (Lipinski definition) is 1. The molecule has 1 atom stereocenters. The molecule has 5 nitrogen and oxygen atoms in total. The zero-order valence-corrected chi connectivity index (χ0v) is 12.8. The lowest BCUT2D eigenvalue weighted by Crippen LogP contribution is -2.43. The minimum atomic E-state index is 0.486. The van der Waals surface area contributed by atoms with Crippen LogP contribution >= 0.6 is 0 Å². The highest BCUT2D eigenvalue weighted by Gasteiger charge is 2.35. The van der Waals surface area contributed by atoms with E-state index in [0.29, 0.717) is 12.0 Å². The molecule has 0 saturated carbocycles. The molecule has 3 heterocycles. The van der Waals surface area contributed by atoms with Crippen LogP contribution in [-0.4, -0.2) is 45.3 Å². The van der Waals surface area contributed by atoms with Gasteiger partial charge < -0.3 is 9.88 Å². The van der Waals surface area contributed by atoms with E-state index < -0.39 is 0 Å². The predicted octanol–water partition coefficient (Wildman–Crippen LogP) is 1.82. The molecule has 0 aliphatic carbocycles. The first-order chi connectivity index (χ1) is 9.75. The van der Waals surface area contributed by atoms with Crippen LogP contribution in [0.3, 0.4) is 0 Å². The molecule has 2 saturated heterocycles. The molecule has 2 fully saturated rings. The van der Waals surface area contributed by atoms with Crippen LogP contribution in [0, 0.1) is 5.92 Å². The maximum Gasteiger partial charge on any atom is 0.150 e. The second kappa shape index (κ2) is 6.22. The molecule has 1 N–H and O–H groups in total. The maximum atomic E-state index is 4.45. The Balaban J connectivity index is 1.76. The fourth-order valence-electron chi connectivity index (χ4n) is 3.70. The largest absolute Gasteiger partial charge is 0.317 e. The van der Waals surface area contributed by atoms with E-state index in [1.54, 1.807) is 0 Å². The first-order valence-electron chi connectivity index (χ1n) is 8.10. The Bertz CT molecular complexity index is 422. The van der Waals surface area contributed by atoms with Gasteiger partial charge in [-0.3, -0.25) is 4.90 Å². The summed E-state index contributed by atoms with van der Waals surface area (Å²) in [6.45, 7) is 9.08. The van der Waals surface area contributed by atoms with E-state index in [4.69, 9.17) is 0 Å². The van der Waals surface area contributed by atoms with Gasteiger partial charge in [-0.1, -0.05) is 13.8 Å². The molecule has 112 valence electrons. The van der Waals surface area contributed by atoms with Crippen molar-refractivity contribution in [3.63, 3.8) is 0 Å². The van der Waals surface area contributed by atoms with E-state index >= 15 is 0 Å². The highest BCUT2D eigenvalue weighted by molar-refractivity contribution is 5.01. The molecule has 5 heteroatoms. The first-order valence-corrected chi connectivity index (χ1v) is 8.10. The Morgan fingerprint density at radius 2 is 2.10 bits per heavy atom. The van der Waals surface area contributed by atoms with Gasteiger partial charge in [0.1, 0.15) is 12.2 Å². The summed E-state index contributed by atoms with van der Waals surface area (Å²) in [4.78, 5) is 2.70. The second-order valence-electron chi connectivity index (χ2n) is 6.61. The number of likely N-dealkylation sites (tertiary alicyclic amines) is 1. The van der Waals surface area contributed by atoms with E-state index in [0.717, 1.165) is 25.7 Å². The van der Waals surface area contributed by atoms with Crippen LogP contribution in [0.5, 0.6) is 0 Å². The Morgan fingerprint density at radius 3 is 2.85 bits per heavy atom. The molecule has 0 aromatic carbocycles. The lowest BCUT2D eigenvalue weighted by Gasteiger charge is -2.35. The summed E-state index contributed by atoms with van der Waals surface area (Å²) < 4.78 is 2.27. The van der Waals surface area contributed by atoms with Crippen molar-refractivity contribution in [3.05, 3.63) is 12.2 Å². The smallest absolute Gasteiger partial charge is 0.150 e. The fraction of sp³-hybridized carbons (Fsp3) is 0.867. The molecule has 0 amide bonds. The number of aromatic nitrogens is 3. The molecule has 0 radical (unpaired) electrons. The van der Waals surface area contributed by atoms with Crippen molar-refractivity contribution in [2.75, 3.05) is 19.6 Å². The molecule has 2 aliphatic heterocycles. The average molecular weight is 277 g/mol. The van der Waals surface area contributed by atoms with Crippen molar-refractivity contribution in [2.45, 2.75) is 58.2 Å². The molecule has 0 spiro atoms. The van der Waals surface area contributed by atoms with Gasteiger partial charge in [0.15, 0.2) is 0 Å². The van der Waals surface area contributed by atoms with Crippen LogP contribution in [0.15, 0.2) is 6.33 Å². The zero-order valence-electron chi connectivity index (χ0n) is 12.8. The normalized spacial score (nSPS) is 25.6. The maximum absolute atomic E-state index is 4.45. The third-order valence-electron chi connectivity index (χ3n) is 4.58. The van der Waals surface area contributed by atoms with Crippen LogP contribution < -0.4 is 5.32 Å². The van der Waals surface area contributed by atoms with Crippen molar-refractivity contribution < 1.29 is 0 Å². The Morgan fingerprint density at radius 1 is 1.30 bits per heavy atom. The third-order valence-corrected chi connectivity index (χ3v) is 4.58. The average Bonchev–Trinajstić information content (AvgIpc) is 3.07. The summed E-state index contributed by atoms with van der Waals surface area (Å²) in [5.74, 6) is 1.83. The summed E-state index contributed by atoms with van der Waals surface area (Å²) in [6, 6.07) is 1.22.